The highest BCUT2D eigenvalue weighted by Gasteiger charge is 2.31. The summed E-state index contributed by atoms with van der Waals surface area (Å²) in [5.74, 6) is 0.639. The van der Waals surface area contributed by atoms with E-state index in [4.69, 9.17) is 0 Å². The minimum Gasteiger partial charge on any atom is -0.328 e. The van der Waals surface area contributed by atoms with Crippen LogP contribution in [0.15, 0.2) is 47.5 Å². The summed E-state index contributed by atoms with van der Waals surface area (Å²) in [6.45, 7) is 6.68. The number of carbonyl (C=O) groups is 1. The number of carbonyl (C=O) groups excluding carboxylic acids is 1. The number of rotatable bonds is 4. The van der Waals surface area contributed by atoms with Gasteiger partial charge in [0.25, 0.3) is 0 Å². The Balaban J connectivity index is 1.40. The van der Waals surface area contributed by atoms with Crippen molar-refractivity contribution in [3.8, 4) is 0 Å². The Morgan fingerprint density at radius 1 is 1.06 bits per heavy atom. The second kappa shape index (κ2) is 8.27. The monoisotopic (exact) mass is 442 g/mol. The number of fused-ring (bicyclic) bond motifs is 1. The van der Waals surface area contributed by atoms with Crippen molar-refractivity contribution < 1.29 is 13.2 Å². The fraction of sp³-hybridized carbons (Fsp3) is 0.381. The Labute approximate surface area is 181 Å². The van der Waals surface area contributed by atoms with Crippen LogP contribution in [0.4, 0.5) is 4.79 Å². The summed E-state index contributed by atoms with van der Waals surface area (Å²) >= 11 is 0. The van der Waals surface area contributed by atoms with Crippen LogP contribution in [0.3, 0.4) is 0 Å². The molecule has 1 aliphatic heterocycles. The van der Waals surface area contributed by atoms with Crippen LogP contribution in [0, 0.1) is 13.8 Å². The Morgan fingerprint density at radius 2 is 1.81 bits per heavy atom. The van der Waals surface area contributed by atoms with E-state index in [2.05, 4.69) is 15.5 Å². The third-order valence-electron chi connectivity index (χ3n) is 5.55. The van der Waals surface area contributed by atoms with Gasteiger partial charge in [-0.1, -0.05) is 18.2 Å². The predicted octanol–water partition coefficient (Wildman–Crippen LogP) is 2.12. The molecule has 1 N–H and O–H groups in total. The van der Waals surface area contributed by atoms with Crippen LogP contribution in [-0.4, -0.2) is 64.4 Å². The number of aryl methyl sites for hydroxylation is 2. The molecule has 3 aromatic rings. The van der Waals surface area contributed by atoms with E-state index in [0.717, 1.165) is 11.1 Å². The van der Waals surface area contributed by atoms with Crippen molar-refractivity contribution >= 4 is 21.7 Å². The summed E-state index contributed by atoms with van der Waals surface area (Å²) < 4.78 is 29.5. The molecule has 3 heterocycles. The number of amides is 2. The Morgan fingerprint density at radius 3 is 2.55 bits per heavy atom. The zero-order valence-corrected chi connectivity index (χ0v) is 18.6. The molecule has 0 spiro atoms. The molecule has 1 unspecified atom stereocenters. The zero-order valence-electron chi connectivity index (χ0n) is 17.8. The van der Waals surface area contributed by atoms with Crippen LogP contribution in [0.2, 0.25) is 0 Å². The van der Waals surface area contributed by atoms with E-state index in [1.165, 1.54) is 4.31 Å². The second-order valence-corrected chi connectivity index (χ2v) is 9.72. The lowest BCUT2D eigenvalue weighted by Gasteiger charge is -2.34. The molecule has 1 aliphatic rings. The van der Waals surface area contributed by atoms with Crippen LogP contribution in [-0.2, 0) is 10.0 Å². The van der Waals surface area contributed by atoms with Crippen molar-refractivity contribution in [1.82, 2.24) is 29.1 Å². The molecule has 2 amide bonds. The third-order valence-corrected chi connectivity index (χ3v) is 7.60. The summed E-state index contributed by atoms with van der Waals surface area (Å²) in [5, 5.41) is 11.2. The molecule has 1 saturated heterocycles. The first kappa shape index (κ1) is 21.3. The van der Waals surface area contributed by atoms with Crippen LogP contribution >= 0.6 is 0 Å². The lowest BCUT2D eigenvalue weighted by Crippen LogP contribution is -2.53. The van der Waals surface area contributed by atoms with Crippen LogP contribution in [0.25, 0.3) is 5.65 Å². The summed E-state index contributed by atoms with van der Waals surface area (Å²) in [6, 6.07) is 10.4. The first-order valence-electron chi connectivity index (χ1n) is 10.2. The number of hydrogen-bond donors (Lipinski definition) is 1. The lowest BCUT2D eigenvalue weighted by atomic mass is 10.2. The quantitative estimate of drug-likeness (QED) is 0.667. The van der Waals surface area contributed by atoms with E-state index in [0.29, 0.717) is 29.5 Å². The zero-order chi connectivity index (χ0) is 22.2. The maximum absolute atomic E-state index is 13.1. The number of nitrogens with zero attached hydrogens (tertiary/aromatic N) is 5. The molecule has 10 heteroatoms. The molecule has 0 bridgehead atoms. The highest BCUT2D eigenvalue weighted by atomic mass is 32.2. The minimum absolute atomic E-state index is 0.246. The largest absolute Gasteiger partial charge is 0.328 e. The number of sulfonamides is 1. The maximum Gasteiger partial charge on any atom is 0.318 e. The fourth-order valence-electron chi connectivity index (χ4n) is 3.75. The van der Waals surface area contributed by atoms with Gasteiger partial charge >= 0.3 is 6.03 Å². The van der Waals surface area contributed by atoms with Gasteiger partial charge in [-0.2, -0.15) is 4.31 Å². The number of aromatic nitrogens is 3. The van der Waals surface area contributed by atoms with Crippen molar-refractivity contribution in [2.24, 2.45) is 0 Å². The summed E-state index contributed by atoms with van der Waals surface area (Å²) in [6.07, 6.45) is 1.85. The molecule has 1 fully saturated rings. The third kappa shape index (κ3) is 4.13. The van der Waals surface area contributed by atoms with Gasteiger partial charge in [-0.15, -0.1) is 10.2 Å². The number of urea groups is 1. The van der Waals surface area contributed by atoms with Crippen LogP contribution < -0.4 is 5.32 Å². The highest BCUT2D eigenvalue weighted by Crippen LogP contribution is 2.22. The van der Waals surface area contributed by atoms with Gasteiger partial charge in [-0.25, -0.2) is 13.2 Å². The lowest BCUT2D eigenvalue weighted by molar-refractivity contribution is 0.169. The molecule has 1 aromatic carbocycles. The van der Waals surface area contributed by atoms with E-state index in [1.807, 2.05) is 54.8 Å². The Kier molecular flexibility index (Phi) is 5.67. The van der Waals surface area contributed by atoms with Crippen molar-refractivity contribution in [3.63, 3.8) is 0 Å². The van der Waals surface area contributed by atoms with Gasteiger partial charge in [0.15, 0.2) is 11.5 Å². The van der Waals surface area contributed by atoms with E-state index in [1.54, 1.807) is 17.9 Å². The molecular formula is C21H26N6O3S. The van der Waals surface area contributed by atoms with Crippen molar-refractivity contribution in [2.75, 3.05) is 26.2 Å². The summed E-state index contributed by atoms with van der Waals surface area (Å²) in [7, 11) is -3.59. The van der Waals surface area contributed by atoms with E-state index in [-0.39, 0.29) is 25.2 Å². The Bertz CT molecular complexity index is 1210. The normalized spacial score (nSPS) is 16.4. The molecule has 1 atom stereocenters. The van der Waals surface area contributed by atoms with Gasteiger partial charge in [0, 0.05) is 32.4 Å². The van der Waals surface area contributed by atoms with Gasteiger partial charge < -0.3 is 10.2 Å². The Hall–Kier alpha value is -2.98. The van der Waals surface area contributed by atoms with Gasteiger partial charge in [0.1, 0.15) is 0 Å². The molecule has 164 valence electrons. The molecule has 0 saturated carbocycles. The minimum atomic E-state index is -3.59. The van der Waals surface area contributed by atoms with Crippen LogP contribution in [0.1, 0.15) is 29.9 Å². The van der Waals surface area contributed by atoms with Gasteiger partial charge in [-0.05, 0) is 50.1 Å². The molecular weight excluding hydrogens is 416 g/mol. The summed E-state index contributed by atoms with van der Waals surface area (Å²) in [4.78, 5) is 14.7. The molecule has 0 radical (unpaired) electrons. The highest BCUT2D eigenvalue weighted by molar-refractivity contribution is 7.89. The summed E-state index contributed by atoms with van der Waals surface area (Å²) in [5.41, 5.74) is 2.33. The average Bonchev–Trinajstić information content (AvgIpc) is 3.19. The van der Waals surface area contributed by atoms with Gasteiger partial charge in [-0.3, -0.25) is 4.40 Å². The maximum atomic E-state index is 13.1. The number of benzene rings is 1. The van der Waals surface area contributed by atoms with Crippen molar-refractivity contribution in [3.05, 3.63) is 59.5 Å². The number of nitrogens with one attached hydrogen (secondary N) is 1. The topological polar surface area (TPSA) is 99.9 Å². The van der Waals surface area contributed by atoms with Crippen LogP contribution in [0.5, 0.6) is 0 Å². The fourth-order valence-corrected chi connectivity index (χ4v) is 5.48. The van der Waals surface area contributed by atoms with E-state index in [9.17, 15) is 13.2 Å². The first-order valence-corrected chi connectivity index (χ1v) is 11.6. The van der Waals surface area contributed by atoms with Gasteiger partial charge in [0.2, 0.25) is 10.0 Å². The number of pyridine rings is 1. The standard InChI is InChI=1S/C21H26N6O3S/c1-15-7-8-16(2)18(14-15)31(29,30)26-12-10-25(11-13-26)21(28)22-17(3)20-24-23-19-6-4-5-9-27(19)20/h4-9,14,17H,10-13H2,1-3H3,(H,22,28). The number of hydrogen-bond acceptors (Lipinski definition) is 5. The average molecular weight is 443 g/mol. The SMILES string of the molecule is Cc1ccc(C)c(S(=O)(=O)N2CCN(C(=O)NC(C)c3nnc4ccccn34)CC2)c1. The predicted molar refractivity (Wildman–Crippen MR) is 116 cm³/mol. The molecule has 0 aliphatic carbocycles. The van der Waals surface area contributed by atoms with E-state index < -0.39 is 10.0 Å². The molecule has 31 heavy (non-hydrogen) atoms. The smallest absolute Gasteiger partial charge is 0.318 e. The van der Waals surface area contributed by atoms with Crippen molar-refractivity contribution in [1.29, 1.82) is 0 Å². The first-order chi connectivity index (χ1) is 14.8. The number of piperazine rings is 1. The second-order valence-electron chi connectivity index (χ2n) is 7.82. The molecule has 9 nitrogen and oxygen atoms in total. The molecule has 4 rings (SSSR count). The van der Waals surface area contributed by atoms with Gasteiger partial charge in [0.05, 0.1) is 10.9 Å². The molecule has 2 aromatic heterocycles. The van der Waals surface area contributed by atoms with E-state index >= 15 is 0 Å². The van der Waals surface area contributed by atoms with Crippen molar-refractivity contribution in [2.45, 2.75) is 31.7 Å².